The van der Waals surface area contributed by atoms with Gasteiger partial charge in [-0.25, -0.2) is 0 Å². The van der Waals surface area contributed by atoms with Crippen LogP contribution in [0.5, 0.6) is 0 Å². The third-order valence-corrected chi connectivity index (χ3v) is 3.95. The molecule has 0 aromatic carbocycles. The molecule has 2 rings (SSSR count). The van der Waals surface area contributed by atoms with Gasteiger partial charge in [0.2, 0.25) is 5.24 Å². The van der Waals surface area contributed by atoms with Crippen LogP contribution in [0.15, 0.2) is 16.8 Å². The van der Waals surface area contributed by atoms with Crippen molar-refractivity contribution in [2.24, 2.45) is 0 Å². The van der Waals surface area contributed by atoms with E-state index in [0.717, 1.165) is 31.2 Å². The van der Waals surface area contributed by atoms with Gasteiger partial charge in [-0.2, -0.15) is 11.3 Å². The lowest BCUT2D eigenvalue weighted by atomic mass is 9.82. The molecule has 1 aliphatic rings. The van der Waals surface area contributed by atoms with Crippen LogP contribution >= 0.6 is 22.9 Å². The van der Waals surface area contributed by atoms with E-state index in [1.807, 2.05) is 16.8 Å². The van der Waals surface area contributed by atoms with Crippen molar-refractivity contribution in [1.82, 2.24) is 0 Å². The van der Waals surface area contributed by atoms with E-state index in [1.54, 1.807) is 11.3 Å². The summed E-state index contributed by atoms with van der Waals surface area (Å²) in [5, 5.41) is 3.88. The molecule has 0 spiro atoms. The van der Waals surface area contributed by atoms with Crippen LogP contribution in [-0.2, 0) is 10.2 Å². The van der Waals surface area contributed by atoms with Gasteiger partial charge in [-0.15, -0.1) is 0 Å². The van der Waals surface area contributed by atoms with Crippen LogP contribution in [0.3, 0.4) is 0 Å². The molecule has 0 N–H and O–H groups in total. The summed E-state index contributed by atoms with van der Waals surface area (Å²) in [6, 6.07) is 2.02. The van der Waals surface area contributed by atoms with Crippen LogP contribution in [0.4, 0.5) is 0 Å². The van der Waals surface area contributed by atoms with E-state index in [9.17, 15) is 4.79 Å². The van der Waals surface area contributed by atoms with Crippen LogP contribution < -0.4 is 0 Å². The molecule has 1 nitrogen and oxygen atoms in total. The first-order valence-electron chi connectivity index (χ1n) is 4.48. The topological polar surface area (TPSA) is 17.1 Å². The summed E-state index contributed by atoms with van der Waals surface area (Å²) >= 11 is 7.33. The maximum absolute atomic E-state index is 11.4. The monoisotopic (exact) mass is 214 g/mol. The Morgan fingerprint density at radius 2 is 2.15 bits per heavy atom. The lowest BCUT2D eigenvalue weighted by Gasteiger charge is -2.22. The molecular formula is C10H11ClOS. The third kappa shape index (κ3) is 1.42. The van der Waals surface area contributed by atoms with Crippen molar-refractivity contribution < 1.29 is 4.79 Å². The lowest BCUT2D eigenvalue weighted by Crippen LogP contribution is -2.28. The Morgan fingerprint density at radius 3 is 2.62 bits per heavy atom. The zero-order valence-corrected chi connectivity index (χ0v) is 8.83. The predicted molar refractivity (Wildman–Crippen MR) is 55.3 cm³/mol. The van der Waals surface area contributed by atoms with Gasteiger partial charge >= 0.3 is 0 Å². The molecule has 1 saturated carbocycles. The second kappa shape index (κ2) is 3.43. The fraction of sp³-hybridized carbons (Fsp3) is 0.500. The van der Waals surface area contributed by atoms with Crippen molar-refractivity contribution in [2.75, 3.05) is 0 Å². The number of hydrogen-bond acceptors (Lipinski definition) is 2. The summed E-state index contributed by atoms with van der Waals surface area (Å²) in [6.07, 6.45) is 4.08. The average molecular weight is 215 g/mol. The molecule has 0 saturated heterocycles. The molecule has 0 radical (unpaired) electrons. The van der Waals surface area contributed by atoms with Gasteiger partial charge in [-0.1, -0.05) is 12.8 Å². The lowest BCUT2D eigenvalue weighted by molar-refractivity contribution is -0.116. The van der Waals surface area contributed by atoms with Crippen molar-refractivity contribution in [3.05, 3.63) is 22.4 Å². The van der Waals surface area contributed by atoms with Crippen molar-refractivity contribution >= 4 is 28.2 Å². The fourth-order valence-electron chi connectivity index (χ4n) is 2.11. The van der Waals surface area contributed by atoms with E-state index < -0.39 is 0 Å². The highest BCUT2D eigenvalue weighted by Crippen LogP contribution is 2.43. The second-order valence-electron chi connectivity index (χ2n) is 3.57. The highest BCUT2D eigenvalue weighted by molar-refractivity contribution is 7.08. The maximum atomic E-state index is 11.4. The number of thiophene rings is 1. The predicted octanol–water partition coefficient (Wildman–Crippen LogP) is 3.33. The zero-order chi connectivity index (χ0) is 9.31. The van der Waals surface area contributed by atoms with E-state index in [1.165, 1.54) is 0 Å². The number of carbonyl (C=O) groups is 1. The average Bonchev–Trinajstić information content (AvgIpc) is 2.75. The van der Waals surface area contributed by atoms with Gasteiger partial charge < -0.3 is 0 Å². The largest absolute Gasteiger partial charge is 0.280 e. The summed E-state index contributed by atoms with van der Waals surface area (Å²) < 4.78 is 0. The molecule has 0 atom stereocenters. The van der Waals surface area contributed by atoms with Gasteiger partial charge in [0.05, 0.1) is 5.41 Å². The number of carbonyl (C=O) groups excluding carboxylic acids is 1. The van der Waals surface area contributed by atoms with E-state index >= 15 is 0 Å². The smallest absolute Gasteiger partial charge is 0.232 e. The SMILES string of the molecule is O=C(Cl)C1(c2ccsc2)CCCC1. The van der Waals surface area contributed by atoms with Gasteiger partial charge in [0.1, 0.15) is 0 Å². The van der Waals surface area contributed by atoms with Crippen LogP contribution in [0.25, 0.3) is 0 Å². The summed E-state index contributed by atoms with van der Waals surface area (Å²) in [6.45, 7) is 0. The molecule has 0 aliphatic heterocycles. The minimum Gasteiger partial charge on any atom is -0.280 e. The van der Waals surface area contributed by atoms with Crippen molar-refractivity contribution in [3.63, 3.8) is 0 Å². The Hall–Kier alpha value is -0.340. The molecule has 1 aromatic rings. The molecule has 70 valence electrons. The molecule has 1 fully saturated rings. The highest BCUT2D eigenvalue weighted by Gasteiger charge is 2.41. The Bertz CT molecular complexity index is 299. The minimum atomic E-state index is -0.346. The molecule has 0 bridgehead atoms. The molecule has 1 heterocycles. The summed E-state index contributed by atoms with van der Waals surface area (Å²) in [5.41, 5.74) is 0.775. The van der Waals surface area contributed by atoms with E-state index in [2.05, 4.69) is 0 Å². The zero-order valence-electron chi connectivity index (χ0n) is 7.25. The number of rotatable bonds is 2. The molecule has 13 heavy (non-hydrogen) atoms. The van der Waals surface area contributed by atoms with Gasteiger partial charge in [0.25, 0.3) is 0 Å². The molecule has 1 aromatic heterocycles. The van der Waals surface area contributed by atoms with Crippen molar-refractivity contribution in [1.29, 1.82) is 0 Å². The highest BCUT2D eigenvalue weighted by atomic mass is 35.5. The second-order valence-corrected chi connectivity index (χ2v) is 4.70. The van der Waals surface area contributed by atoms with E-state index in [-0.39, 0.29) is 10.7 Å². The fourth-order valence-corrected chi connectivity index (χ4v) is 3.17. The normalized spacial score (nSPS) is 20.4. The molecular weight excluding hydrogens is 204 g/mol. The summed E-state index contributed by atoms with van der Waals surface area (Å²) in [5.74, 6) is 0. The van der Waals surface area contributed by atoms with Gasteiger partial charge in [0, 0.05) is 0 Å². The summed E-state index contributed by atoms with van der Waals surface area (Å²) in [4.78, 5) is 11.4. The maximum Gasteiger partial charge on any atom is 0.232 e. The summed E-state index contributed by atoms with van der Waals surface area (Å²) in [7, 11) is 0. The first-order chi connectivity index (χ1) is 6.26. The standard InChI is InChI=1S/C10H11ClOS/c11-9(12)10(4-1-2-5-10)8-3-6-13-7-8/h3,6-7H,1-2,4-5H2. The van der Waals surface area contributed by atoms with Crippen molar-refractivity contribution in [3.8, 4) is 0 Å². The quantitative estimate of drug-likeness (QED) is 0.691. The van der Waals surface area contributed by atoms with Gasteiger partial charge in [-0.3, -0.25) is 4.79 Å². The van der Waals surface area contributed by atoms with Crippen molar-refractivity contribution in [2.45, 2.75) is 31.1 Å². The first kappa shape index (κ1) is 9.22. The van der Waals surface area contributed by atoms with Crippen LogP contribution in [0, 0.1) is 0 Å². The Labute approximate surface area is 86.7 Å². The molecule has 0 amide bonds. The Balaban J connectivity index is 2.39. The first-order valence-corrected chi connectivity index (χ1v) is 5.80. The molecule has 0 unspecified atom stereocenters. The Kier molecular flexibility index (Phi) is 2.43. The van der Waals surface area contributed by atoms with Crippen LogP contribution in [-0.4, -0.2) is 5.24 Å². The molecule has 1 aliphatic carbocycles. The van der Waals surface area contributed by atoms with Crippen LogP contribution in [0.1, 0.15) is 31.2 Å². The van der Waals surface area contributed by atoms with E-state index in [4.69, 9.17) is 11.6 Å². The molecule has 3 heteroatoms. The minimum absolute atomic E-state index is 0.177. The third-order valence-electron chi connectivity index (χ3n) is 2.91. The number of halogens is 1. The van der Waals surface area contributed by atoms with Gasteiger partial charge in [-0.05, 0) is 46.8 Å². The van der Waals surface area contributed by atoms with Gasteiger partial charge in [0.15, 0.2) is 0 Å². The van der Waals surface area contributed by atoms with Crippen LogP contribution in [0.2, 0.25) is 0 Å². The Morgan fingerprint density at radius 1 is 1.46 bits per heavy atom. The van der Waals surface area contributed by atoms with E-state index in [0.29, 0.717) is 0 Å². The number of hydrogen-bond donors (Lipinski definition) is 0.